The molecule has 5 rings (SSSR count). The maximum Gasteiger partial charge on any atom is 0.209 e. The van der Waals surface area contributed by atoms with Crippen molar-refractivity contribution in [2.75, 3.05) is 43.3 Å². The fraction of sp³-hybridized carbons (Fsp3) is 0.310. The predicted molar refractivity (Wildman–Crippen MR) is 163 cm³/mol. The molecular weight excluding hydrogens is 549 g/mol. The van der Waals surface area contributed by atoms with Crippen molar-refractivity contribution in [3.63, 3.8) is 0 Å². The second-order valence-electron chi connectivity index (χ2n) is 9.63. The molecule has 1 N–H and O–H groups in total. The minimum absolute atomic E-state index is 0.127. The molecule has 0 radical (unpaired) electrons. The molecule has 1 unspecified atom stereocenters. The third kappa shape index (κ3) is 7.26. The van der Waals surface area contributed by atoms with Gasteiger partial charge in [0.2, 0.25) is 10.0 Å². The zero-order valence-electron chi connectivity index (χ0n) is 22.0. The molecule has 2 aliphatic rings. The first-order chi connectivity index (χ1) is 18.9. The zero-order chi connectivity index (χ0) is 27.2. The summed E-state index contributed by atoms with van der Waals surface area (Å²) in [6.07, 6.45) is 4.73. The van der Waals surface area contributed by atoms with E-state index in [1.165, 1.54) is 27.7 Å². The number of Topliss-reactive ketones (excluding diaryl/α,β-unsaturated/α-hetero) is 1. The number of thiophene rings is 1. The normalized spacial score (nSPS) is 18.2. The SMILES string of the molecule is CS(=O)(=O)NCc1ccc(C(=O)CCCN2CCN(C3=CC=S(c4ccccc4)N3c3ccccc3)CC2)s1. The molecule has 0 aliphatic carbocycles. The molecule has 1 atom stereocenters. The molecule has 3 heterocycles. The van der Waals surface area contributed by atoms with Crippen LogP contribution >= 0.6 is 22.0 Å². The summed E-state index contributed by atoms with van der Waals surface area (Å²) >= 11 is 1.37. The van der Waals surface area contributed by atoms with Crippen LogP contribution in [0.2, 0.25) is 0 Å². The minimum atomic E-state index is -3.25. The second kappa shape index (κ2) is 12.6. The lowest BCUT2D eigenvalue weighted by atomic mass is 10.1. The summed E-state index contributed by atoms with van der Waals surface area (Å²) in [6.45, 7) is 4.95. The summed E-state index contributed by atoms with van der Waals surface area (Å²) in [4.78, 5) is 20.5. The second-order valence-corrected chi connectivity index (χ2v) is 14.4. The van der Waals surface area contributed by atoms with Crippen molar-refractivity contribution >= 4 is 48.9 Å². The first-order valence-electron chi connectivity index (χ1n) is 13.1. The van der Waals surface area contributed by atoms with Gasteiger partial charge in [0.25, 0.3) is 0 Å². The first-order valence-corrected chi connectivity index (χ1v) is 17.0. The van der Waals surface area contributed by atoms with Crippen LogP contribution in [0.1, 0.15) is 27.4 Å². The van der Waals surface area contributed by atoms with Gasteiger partial charge in [-0.1, -0.05) is 47.1 Å². The average Bonchev–Trinajstić information content (AvgIpc) is 3.61. The van der Waals surface area contributed by atoms with Gasteiger partial charge < -0.3 is 4.90 Å². The number of piperazine rings is 1. The molecule has 0 amide bonds. The van der Waals surface area contributed by atoms with E-state index in [4.69, 9.17) is 0 Å². The van der Waals surface area contributed by atoms with Crippen molar-refractivity contribution in [1.82, 2.24) is 14.5 Å². The Kier molecular flexibility index (Phi) is 8.99. The summed E-state index contributed by atoms with van der Waals surface area (Å²) in [5, 5.41) is 2.32. The van der Waals surface area contributed by atoms with Gasteiger partial charge in [0.15, 0.2) is 5.78 Å². The van der Waals surface area contributed by atoms with E-state index in [1.54, 1.807) is 6.07 Å². The molecule has 1 fully saturated rings. The number of benzene rings is 2. The molecule has 39 heavy (non-hydrogen) atoms. The number of allylic oxidation sites excluding steroid dienone is 1. The number of hydrogen-bond acceptors (Lipinski definition) is 7. The summed E-state index contributed by atoms with van der Waals surface area (Å²) in [5.74, 6) is 1.38. The predicted octanol–water partition coefficient (Wildman–Crippen LogP) is 4.78. The Hall–Kier alpha value is -2.76. The Bertz CT molecular complexity index is 1450. The van der Waals surface area contributed by atoms with Gasteiger partial charge >= 0.3 is 0 Å². The Morgan fingerprint density at radius 3 is 2.33 bits per heavy atom. The van der Waals surface area contributed by atoms with Crippen molar-refractivity contribution in [3.05, 3.63) is 94.4 Å². The Balaban J connectivity index is 1.12. The van der Waals surface area contributed by atoms with Crippen LogP contribution in [0.4, 0.5) is 5.69 Å². The van der Waals surface area contributed by atoms with Crippen molar-refractivity contribution in [2.24, 2.45) is 0 Å². The van der Waals surface area contributed by atoms with E-state index in [0.29, 0.717) is 11.3 Å². The summed E-state index contributed by atoms with van der Waals surface area (Å²) in [7, 11) is -3.41. The Labute approximate surface area is 237 Å². The van der Waals surface area contributed by atoms with Crippen LogP contribution in [0.15, 0.2) is 89.6 Å². The minimum Gasteiger partial charge on any atom is -0.355 e. The highest BCUT2D eigenvalue weighted by atomic mass is 32.2. The highest BCUT2D eigenvalue weighted by Crippen LogP contribution is 2.42. The van der Waals surface area contributed by atoms with E-state index in [2.05, 4.69) is 90.9 Å². The molecule has 206 valence electrons. The average molecular weight is 583 g/mol. The third-order valence-corrected chi connectivity index (χ3v) is 10.5. The monoisotopic (exact) mass is 582 g/mol. The quantitative estimate of drug-likeness (QED) is 0.259. The number of rotatable bonds is 11. The number of nitrogens with zero attached hydrogens (tertiary/aromatic N) is 3. The van der Waals surface area contributed by atoms with Gasteiger partial charge in [0.05, 0.1) is 16.8 Å². The van der Waals surface area contributed by atoms with E-state index < -0.39 is 10.0 Å². The van der Waals surface area contributed by atoms with Crippen LogP contribution in [0.5, 0.6) is 0 Å². The number of hydrogen-bond donors (Lipinski definition) is 1. The molecule has 2 aliphatic heterocycles. The van der Waals surface area contributed by atoms with Crippen LogP contribution in [-0.2, 0) is 16.6 Å². The van der Waals surface area contributed by atoms with Crippen molar-refractivity contribution < 1.29 is 13.2 Å². The van der Waals surface area contributed by atoms with Crippen molar-refractivity contribution in [2.45, 2.75) is 24.3 Å². The van der Waals surface area contributed by atoms with Crippen molar-refractivity contribution in [1.29, 1.82) is 0 Å². The van der Waals surface area contributed by atoms with E-state index in [9.17, 15) is 13.2 Å². The van der Waals surface area contributed by atoms with Crippen LogP contribution < -0.4 is 9.03 Å². The van der Waals surface area contributed by atoms with Gasteiger partial charge in [-0.05, 0) is 60.8 Å². The number of anilines is 1. The van der Waals surface area contributed by atoms with Crippen LogP contribution in [0.3, 0.4) is 0 Å². The van der Waals surface area contributed by atoms with E-state index >= 15 is 0 Å². The van der Waals surface area contributed by atoms with Crippen molar-refractivity contribution in [3.8, 4) is 0 Å². The largest absolute Gasteiger partial charge is 0.355 e. The van der Waals surface area contributed by atoms with Crippen LogP contribution in [0.25, 0.3) is 0 Å². The molecule has 7 nitrogen and oxygen atoms in total. The lowest BCUT2D eigenvalue weighted by Gasteiger charge is -2.40. The number of ketones is 1. The van der Waals surface area contributed by atoms with Gasteiger partial charge in [0.1, 0.15) is 5.82 Å². The zero-order valence-corrected chi connectivity index (χ0v) is 24.5. The summed E-state index contributed by atoms with van der Waals surface area (Å²) < 4.78 is 27.5. The highest BCUT2D eigenvalue weighted by Gasteiger charge is 2.28. The molecule has 10 heteroatoms. The maximum absolute atomic E-state index is 12.7. The first kappa shape index (κ1) is 27.8. The van der Waals surface area contributed by atoms with E-state index in [-0.39, 0.29) is 23.0 Å². The smallest absolute Gasteiger partial charge is 0.209 e. The van der Waals surface area contributed by atoms with E-state index in [1.807, 2.05) is 6.07 Å². The van der Waals surface area contributed by atoms with Gasteiger partial charge in [0, 0.05) is 48.9 Å². The van der Waals surface area contributed by atoms with Crippen LogP contribution in [-0.4, -0.2) is 68.3 Å². The van der Waals surface area contributed by atoms with Gasteiger partial charge in [-0.25, -0.2) is 13.1 Å². The lowest BCUT2D eigenvalue weighted by molar-refractivity contribution is 0.0972. The maximum atomic E-state index is 12.7. The summed E-state index contributed by atoms with van der Waals surface area (Å²) in [6, 6.07) is 24.9. The molecule has 0 bridgehead atoms. The molecule has 0 spiro atoms. The fourth-order valence-electron chi connectivity index (χ4n) is 4.75. The topological polar surface area (TPSA) is 73.0 Å². The Morgan fingerprint density at radius 2 is 1.64 bits per heavy atom. The highest BCUT2D eigenvalue weighted by molar-refractivity contribution is 8.16. The van der Waals surface area contributed by atoms with E-state index in [0.717, 1.165) is 50.3 Å². The lowest BCUT2D eigenvalue weighted by Crippen LogP contribution is -2.47. The van der Waals surface area contributed by atoms with Gasteiger partial charge in [-0.15, -0.1) is 11.3 Å². The summed E-state index contributed by atoms with van der Waals surface area (Å²) in [5.41, 5.74) is 1.20. The number of para-hydroxylation sites is 1. The molecule has 3 aromatic rings. The number of nitrogens with one attached hydrogen (secondary N) is 1. The number of carbonyl (C=O) groups is 1. The Morgan fingerprint density at radius 1 is 0.949 bits per heavy atom. The third-order valence-electron chi connectivity index (χ3n) is 6.75. The number of carbonyl (C=O) groups excluding carboxylic acids is 1. The van der Waals surface area contributed by atoms with Gasteiger partial charge in [-0.3, -0.25) is 14.0 Å². The molecular formula is C29H34N4O3S3. The molecule has 1 aromatic heterocycles. The number of sulfonamides is 1. The molecule has 2 aromatic carbocycles. The van der Waals surface area contributed by atoms with Gasteiger partial charge in [-0.2, -0.15) is 0 Å². The standard InChI is InChI=1S/C29H34N4O3S3/c1-39(35,36)30-23-25-14-15-28(37-25)27(34)13-8-17-31-18-20-32(21-19-31)29-16-22-38(26-11-6-3-7-12-26)33(29)24-9-4-2-5-10-24/h2-7,9-12,14-16,22,30H,8,13,17-21,23H2,1H3. The molecule has 0 saturated carbocycles. The fourth-order valence-corrected chi connectivity index (χ4v) is 8.08. The molecule has 1 saturated heterocycles. The van der Waals surface area contributed by atoms with Crippen LogP contribution in [0, 0.1) is 0 Å².